The second-order valence-electron chi connectivity index (χ2n) is 6.41. The van der Waals surface area contributed by atoms with E-state index in [9.17, 15) is 4.79 Å². The number of ether oxygens (including phenoxy) is 1. The van der Waals surface area contributed by atoms with Crippen LogP contribution in [0.25, 0.3) is 0 Å². The highest BCUT2D eigenvalue weighted by molar-refractivity contribution is 5.92. The third-order valence-corrected chi connectivity index (χ3v) is 4.33. The van der Waals surface area contributed by atoms with E-state index in [0.29, 0.717) is 11.6 Å². The molecule has 1 saturated carbocycles. The molecule has 5 nitrogen and oxygen atoms in total. The topological polar surface area (TPSA) is 77.2 Å². The Morgan fingerprint density at radius 3 is 2.67 bits per heavy atom. The second kappa shape index (κ2) is 7.45. The molecule has 3 N–H and O–H groups in total. The fourth-order valence-electron chi connectivity index (χ4n) is 2.95. The van der Waals surface area contributed by atoms with Gasteiger partial charge in [0, 0.05) is 18.0 Å². The molecule has 2 unspecified atom stereocenters. The zero-order valence-corrected chi connectivity index (χ0v) is 13.9. The van der Waals surface area contributed by atoms with Crippen LogP contribution in [0.3, 0.4) is 0 Å². The number of hydrogen-bond acceptors (Lipinski definition) is 4. The molecule has 5 heteroatoms. The second-order valence-corrected chi connectivity index (χ2v) is 6.41. The number of nitrogens with two attached hydrogens (primary N) is 1. The number of carbonyl (C=O) groups is 1. The number of hydrogen-bond donors (Lipinski definition) is 2. The van der Waals surface area contributed by atoms with E-state index in [4.69, 9.17) is 10.5 Å². The van der Waals surface area contributed by atoms with Crippen molar-refractivity contribution in [1.82, 2.24) is 4.98 Å². The Hall–Kier alpha value is -2.40. The summed E-state index contributed by atoms with van der Waals surface area (Å²) in [6, 6.07) is 11.5. The van der Waals surface area contributed by atoms with Crippen molar-refractivity contribution in [1.29, 1.82) is 0 Å². The highest BCUT2D eigenvalue weighted by Gasteiger charge is 2.25. The largest absolute Gasteiger partial charge is 0.439 e. The van der Waals surface area contributed by atoms with Gasteiger partial charge >= 0.3 is 0 Å². The Morgan fingerprint density at radius 1 is 1.21 bits per heavy atom. The van der Waals surface area contributed by atoms with E-state index in [0.717, 1.165) is 31.4 Å². The summed E-state index contributed by atoms with van der Waals surface area (Å²) in [6.45, 7) is 2.03. The molecule has 1 heterocycles. The first kappa shape index (κ1) is 16.5. The number of aromatic nitrogens is 1. The molecule has 3 rings (SSSR count). The van der Waals surface area contributed by atoms with Gasteiger partial charge in [0.1, 0.15) is 5.75 Å². The highest BCUT2D eigenvalue weighted by atomic mass is 16.5. The van der Waals surface area contributed by atoms with Crippen molar-refractivity contribution in [2.75, 3.05) is 5.32 Å². The molecular formula is C19H23N3O2. The number of benzene rings is 1. The molecule has 0 radical (unpaired) electrons. The molecule has 0 bridgehead atoms. The van der Waals surface area contributed by atoms with Gasteiger partial charge in [-0.25, -0.2) is 4.98 Å². The van der Waals surface area contributed by atoms with Crippen molar-refractivity contribution in [3.63, 3.8) is 0 Å². The molecular weight excluding hydrogens is 302 g/mol. The maximum atomic E-state index is 12.3. The number of pyridine rings is 1. The number of amides is 1. The minimum Gasteiger partial charge on any atom is -0.439 e. The maximum Gasteiger partial charge on any atom is 0.227 e. The van der Waals surface area contributed by atoms with E-state index in [2.05, 4.69) is 10.3 Å². The zero-order valence-electron chi connectivity index (χ0n) is 13.9. The summed E-state index contributed by atoms with van der Waals surface area (Å²) < 4.78 is 5.68. The lowest BCUT2D eigenvalue weighted by atomic mass is 9.85. The third-order valence-electron chi connectivity index (χ3n) is 4.33. The van der Waals surface area contributed by atoms with Gasteiger partial charge in [0.05, 0.1) is 11.9 Å². The molecule has 1 aliphatic rings. The predicted molar refractivity (Wildman–Crippen MR) is 94.1 cm³/mol. The summed E-state index contributed by atoms with van der Waals surface area (Å²) in [5.74, 6) is 1.26. The molecule has 2 atom stereocenters. The van der Waals surface area contributed by atoms with Crippen molar-refractivity contribution in [3.8, 4) is 11.6 Å². The lowest BCUT2D eigenvalue weighted by molar-refractivity contribution is -0.120. The standard InChI is InChI=1S/C19H23N3O2/c1-13-5-8-17(9-6-13)24-18-10-7-16(12-21-18)22-19(23)14-3-2-4-15(20)11-14/h5-10,12,14-15H,2-4,11,20H2,1H3,(H,22,23). The fourth-order valence-corrected chi connectivity index (χ4v) is 2.95. The summed E-state index contributed by atoms with van der Waals surface area (Å²) >= 11 is 0. The van der Waals surface area contributed by atoms with Crippen molar-refractivity contribution in [2.24, 2.45) is 11.7 Å². The summed E-state index contributed by atoms with van der Waals surface area (Å²) in [7, 11) is 0. The number of nitrogens with one attached hydrogen (secondary N) is 1. The van der Waals surface area contributed by atoms with Gasteiger partial charge in [-0.2, -0.15) is 0 Å². The quantitative estimate of drug-likeness (QED) is 0.899. The minimum atomic E-state index is -0.00256. The van der Waals surface area contributed by atoms with Crippen LogP contribution in [0, 0.1) is 12.8 Å². The summed E-state index contributed by atoms with van der Waals surface area (Å²) in [5.41, 5.74) is 7.80. The lowest BCUT2D eigenvalue weighted by Crippen LogP contribution is -2.34. The van der Waals surface area contributed by atoms with Gasteiger partial charge in [0.25, 0.3) is 0 Å². The molecule has 126 valence electrons. The van der Waals surface area contributed by atoms with Crippen LogP contribution >= 0.6 is 0 Å². The molecule has 1 fully saturated rings. The summed E-state index contributed by atoms with van der Waals surface area (Å²) in [5, 5.41) is 2.92. The van der Waals surface area contributed by atoms with Gasteiger partial charge in [-0.05, 0) is 44.4 Å². The summed E-state index contributed by atoms with van der Waals surface area (Å²) in [6.07, 6.45) is 5.30. The van der Waals surface area contributed by atoms with E-state index >= 15 is 0 Å². The molecule has 0 spiro atoms. The Balaban J connectivity index is 1.58. The number of nitrogens with zero attached hydrogens (tertiary/aromatic N) is 1. The smallest absolute Gasteiger partial charge is 0.227 e. The van der Waals surface area contributed by atoms with Gasteiger partial charge in [-0.3, -0.25) is 4.79 Å². The van der Waals surface area contributed by atoms with Gasteiger partial charge in [0.2, 0.25) is 11.8 Å². The van der Waals surface area contributed by atoms with Crippen LogP contribution < -0.4 is 15.8 Å². The normalized spacial score (nSPS) is 20.4. The van der Waals surface area contributed by atoms with E-state index in [1.54, 1.807) is 18.3 Å². The SMILES string of the molecule is Cc1ccc(Oc2ccc(NC(=O)C3CCCC(N)C3)cn2)cc1. The van der Waals surface area contributed by atoms with Crippen molar-refractivity contribution in [3.05, 3.63) is 48.2 Å². The molecule has 1 aromatic heterocycles. The minimum absolute atomic E-state index is 0.00256. The van der Waals surface area contributed by atoms with Gasteiger partial charge in [-0.1, -0.05) is 24.1 Å². The number of rotatable bonds is 4. The van der Waals surface area contributed by atoms with E-state index < -0.39 is 0 Å². The number of anilines is 1. The van der Waals surface area contributed by atoms with Crippen LogP contribution in [-0.2, 0) is 4.79 Å². The average Bonchev–Trinajstić information content (AvgIpc) is 2.59. The fraction of sp³-hybridized carbons (Fsp3) is 0.368. The van der Waals surface area contributed by atoms with Gasteiger partial charge in [0.15, 0.2) is 0 Å². The van der Waals surface area contributed by atoms with Gasteiger partial charge < -0.3 is 15.8 Å². The van der Waals surface area contributed by atoms with Crippen LogP contribution in [0.15, 0.2) is 42.6 Å². The van der Waals surface area contributed by atoms with Crippen LogP contribution in [-0.4, -0.2) is 16.9 Å². The predicted octanol–water partition coefficient (Wildman–Crippen LogP) is 3.64. The van der Waals surface area contributed by atoms with E-state index in [-0.39, 0.29) is 17.9 Å². The van der Waals surface area contributed by atoms with E-state index in [1.165, 1.54) is 5.56 Å². The highest BCUT2D eigenvalue weighted by Crippen LogP contribution is 2.25. The molecule has 1 aromatic carbocycles. The lowest BCUT2D eigenvalue weighted by Gasteiger charge is -2.25. The molecule has 0 saturated heterocycles. The number of carbonyl (C=O) groups excluding carboxylic acids is 1. The molecule has 24 heavy (non-hydrogen) atoms. The Kier molecular flexibility index (Phi) is 5.11. The maximum absolute atomic E-state index is 12.3. The summed E-state index contributed by atoms with van der Waals surface area (Å²) in [4.78, 5) is 16.5. The molecule has 1 aliphatic carbocycles. The number of aryl methyl sites for hydroxylation is 1. The first-order valence-corrected chi connectivity index (χ1v) is 8.37. The first-order valence-electron chi connectivity index (χ1n) is 8.37. The molecule has 2 aromatic rings. The molecule has 1 amide bonds. The Bertz CT molecular complexity index is 683. The monoisotopic (exact) mass is 325 g/mol. The third kappa shape index (κ3) is 4.32. The zero-order chi connectivity index (χ0) is 16.9. The average molecular weight is 325 g/mol. The van der Waals surface area contributed by atoms with Crippen molar-refractivity contribution < 1.29 is 9.53 Å². The molecule has 0 aliphatic heterocycles. The van der Waals surface area contributed by atoms with Crippen LogP contribution in [0.2, 0.25) is 0 Å². The van der Waals surface area contributed by atoms with Crippen LogP contribution in [0.4, 0.5) is 5.69 Å². The van der Waals surface area contributed by atoms with Crippen LogP contribution in [0.1, 0.15) is 31.2 Å². The van der Waals surface area contributed by atoms with Crippen molar-refractivity contribution in [2.45, 2.75) is 38.6 Å². The van der Waals surface area contributed by atoms with Crippen molar-refractivity contribution >= 4 is 11.6 Å². The Labute approximate surface area is 142 Å². The van der Waals surface area contributed by atoms with Gasteiger partial charge in [-0.15, -0.1) is 0 Å². The van der Waals surface area contributed by atoms with E-state index in [1.807, 2.05) is 31.2 Å². The Morgan fingerprint density at radius 2 is 2.00 bits per heavy atom. The van der Waals surface area contributed by atoms with Crippen LogP contribution in [0.5, 0.6) is 11.6 Å². The first-order chi connectivity index (χ1) is 11.6.